The molecule has 0 radical (unpaired) electrons. The molecule has 0 aromatic heterocycles. The molecule has 2 nitrogen and oxygen atoms in total. The second-order valence-corrected chi connectivity index (χ2v) is 6.63. The maximum Gasteiger partial charge on any atom is 0.127 e. The molecule has 3 heteroatoms. The van der Waals surface area contributed by atoms with E-state index in [0.29, 0.717) is 5.92 Å². The van der Waals surface area contributed by atoms with Crippen molar-refractivity contribution in [2.45, 2.75) is 50.7 Å². The molecule has 3 atom stereocenters. The Bertz CT molecular complexity index is 460. The number of fused-ring (bicyclic) bond motifs is 1. The smallest absolute Gasteiger partial charge is 0.127 e. The van der Waals surface area contributed by atoms with Crippen LogP contribution >= 0.6 is 15.9 Å². The SMILES string of the molecule is CC1CCCCC12CC(O)c1ccc(Br)cc1O2. The first-order valence-corrected chi connectivity index (χ1v) is 7.56. The predicted octanol–water partition coefficient (Wildman–Crippen LogP) is 4.21. The highest BCUT2D eigenvalue weighted by atomic mass is 79.9. The third-order valence-corrected chi connectivity index (χ3v) is 5.07. The summed E-state index contributed by atoms with van der Waals surface area (Å²) >= 11 is 3.48. The summed E-state index contributed by atoms with van der Waals surface area (Å²) in [4.78, 5) is 0. The molecular weight excluding hydrogens is 292 g/mol. The number of halogens is 1. The minimum Gasteiger partial charge on any atom is -0.486 e. The number of aliphatic hydroxyl groups is 1. The molecule has 1 N–H and O–H groups in total. The third kappa shape index (κ3) is 1.97. The molecule has 2 aliphatic rings. The molecule has 0 amide bonds. The predicted molar refractivity (Wildman–Crippen MR) is 74.7 cm³/mol. The number of rotatable bonds is 0. The summed E-state index contributed by atoms with van der Waals surface area (Å²) in [5, 5.41) is 10.4. The van der Waals surface area contributed by atoms with Gasteiger partial charge in [0.1, 0.15) is 11.4 Å². The first kappa shape index (κ1) is 12.5. The largest absolute Gasteiger partial charge is 0.486 e. The van der Waals surface area contributed by atoms with Crippen LogP contribution in [-0.2, 0) is 0 Å². The van der Waals surface area contributed by atoms with Crippen molar-refractivity contribution in [1.29, 1.82) is 0 Å². The average molecular weight is 311 g/mol. The summed E-state index contributed by atoms with van der Waals surface area (Å²) in [7, 11) is 0. The molecule has 1 spiro atoms. The van der Waals surface area contributed by atoms with Gasteiger partial charge in [-0.25, -0.2) is 0 Å². The van der Waals surface area contributed by atoms with E-state index in [9.17, 15) is 5.11 Å². The van der Waals surface area contributed by atoms with E-state index in [2.05, 4.69) is 22.9 Å². The Labute approximate surface area is 116 Å². The molecule has 3 unspecified atom stereocenters. The summed E-state index contributed by atoms with van der Waals surface area (Å²) in [5.41, 5.74) is 0.785. The van der Waals surface area contributed by atoms with Crippen molar-refractivity contribution in [1.82, 2.24) is 0 Å². The minimum absolute atomic E-state index is 0.147. The van der Waals surface area contributed by atoms with Crippen molar-refractivity contribution in [2.75, 3.05) is 0 Å². The van der Waals surface area contributed by atoms with Crippen molar-refractivity contribution in [2.24, 2.45) is 5.92 Å². The Morgan fingerprint density at radius 3 is 3.00 bits per heavy atom. The Kier molecular flexibility index (Phi) is 3.15. The van der Waals surface area contributed by atoms with Gasteiger partial charge in [0.05, 0.1) is 6.10 Å². The fourth-order valence-corrected chi connectivity index (χ4v) is 3.75. The Hall–Kier alpha value is -0.540. The number of ether oxygens (including phenoxy) is 1. The van der Waals surface area contributed by atoms with E-state index in [1.165, 1.54) is 19.3 Å². The van der Waals surface area contributed by atoms with E-state index in [1.807, 2.05) is 18.2 Å². The highest BCUT2D eigenvalue weighted by Gasteiger charge is 2.45. The molecule has 1 aromatic carbocycles. The van der Waals surface area contributed by atoms with E-state index in [-0.39, 0.29) is 11.7 Å². The molecule has 0 bridgehead atoms. The summed E-state index contributed by atoms with van der Waals surface area (Å²) in [6.45, 7) is 2.26. The topological polar surface area (TPSA) is 29.5 Å². The van der Waals surface area contributed by atoms with Gasteiger partial charge in [0.25, 0.3) is 0 Å². The minimum atomic E-state index is -0.387. The highest BCUT2D eigenvalue weighted by Crippen LogP contribution is 2.48. The summed E-state index contributed by atoms with van der Waals surface area (Å²) < 4.78 is 7.34. The van der Waals surface area contributed by atoms with Gasteiger partial charge in [-0.05, 0) is 37.3 Å². The van der Waals surface area contributed by atoms with E-state index < -0.39 is 0 Å². The summed E-state index contributed by atoms with van der Waals surface area (Å²) in [5.74, 6) is 1.38. The van der Waals surface area contributed by atoms with Gasteiger partial charge in [-0.2, -0.15) is 0 Å². The standard InChI is InChI=1S/C15H19BrO2/c1-10-4-2-3-7-15(10)9-13(17)12-6-5-11(16)8-14(12)18-15/h5-6,8,10,13,17H,2-4,7,9H2,1H3. The Morgan fingerprint density at radius 1 is 1.39 bits per heavy atom. The molecular formula is C15H19BrO2. The molecule has 1 aliphatic heterocycles. The first-order valence-electron chi connectivity index (χ1n) is 6.77. The van der Waals surface area contributed by atoms with E-state index in [1.54, 1.807) is 0 Å². The van der Waals surface area contributed by atoms with Crippen LogP contribution in [0.4, 0.5) is 0 Å². The number of aliphatic hydroxyl groups excluding tert-OH is 1. The van der Waals surface area contributed by atoms with E-state index in [0.717, 1.165) is 28.6 Å². The van der Waals surface area contributed by atoms with Crippen LogP contribution in [0.25, 0.3) is 0 Å². The zero-order valence-corrected chi connectivity index (χ0v) is 12.2. The van der Waals surface area contributed by atoms with Crippen molar-refractivity contribution >= 4 is 15.9 Å². The Morgan fingerprint density at radius 2 is 2.22 bits per heavy atom. The molecule has 0 saturated heterocycles. The molecule has 3 rings (SSSR count). The van der Waals surface area contributed by atoms with Gasteiger partial charge < -0.3 is 9.84 Å². The van der Waals surface area contributed by atoms with Crippen LogP contribution in [-0.4, -0.2) is 10.7 Å². The van der Waals surface area contributed by atoms with Gasteiger partial charge in [-0.3, -0.25) is 0 Å². The quantitative estimate of drug-likeness (QED) is 0.777. The van der Waals surface area contributed by atoms with E-state index >= 15 is 0 Å². The number of hydrogen-bond donors (Lipinski definition) is 1. The van der Waals surface area contributed by atoms with Crippen molar-refractivity contribution in [3.8, 4) is 5.75 Å². The van der Waals surface area contributed by atoms with Crippen molar-refractivity contribution in [3.05, 3.63) is 28.2 Å². The Balaban J connectivity index is 1.99. The van der Waals surface area contributed by atoms with Crippen LogP contribution in [0.5, 0.6) is 5.75 Å². The maximum atomic E-state index is 10.4. The lowest BCUT2D eigenvalue weighted by Crippen LogP contribution is -2.48. The summed E-state index contributed by atoms with van der Waals surface area (Å²) in [6, 6.07) is 5.92. The molecule has 18 heavy (non-hydrogen) atoms. The van der Waals surface area contributed by atoms with Gasteiger partial charge in [-0.1, -0.05) is 35.3 Å². The lowest BCUT2D eigenvalue weighted by Gasteiger charge is -2.47. The molecule has 1 aliphatic carbocycles. The van der Waals surface area contributed by atoms with Crippen LogP contribution in [0, 0.1) is 5.92 Å². The van der Waals surface area contributed by atoms with Gasteiger partial charge in [0.15, 0.2) is 0 Å². The summed E-state index contributed by atoms with van der Waals surface area (Å²) in [6.07, 6.45) is 5.12. The molecule has 1 heterocycles. The number of benzene rings is 1. The van der Waals surface area contributed by atoms with Crippen molar-refractivity contribution < 1.29 is 9.84 Å². The zero-order valence-electron chi connectivity index (χ0n) is 10.7. The monoisotopic (exact) mass is 310 g/mol. The van der Waals surface area contributed by atoms with Crippen LogP contribution in [0.15, 0.2) is 22.7 Å². The molecule has 1 saturated carbocycles. The maximum absolute atomic E-state index is 10.4. The second kappa shape index (κ2) is 4.53. The first-order chi connectivity index (χ1) is 8.61. The van der Waals surface area contributed by atoms with Crippen LogP contribution in [0.1, 0.15) is 50.7 Å². The van der Waals surface area contributed by atoms with Crippen molar-refractivity contribution in [3.63, 3.8) is 0 Å². The normalized spacial score (nSPS) is 35.1. The zero-order chi connectivity index (χ0) is 12.8. The lowest BCUT2D eigenvalue weighted by molar-refractivity contribution is -0.0717. The molecule has 98 valence electrons. The highest BCUT2D eigenvalue weighted by molar-refractivity contribution is 9.10. The molecule has 1 fully saturated rings. The van der Waals surface area contributed by atoms with Gasteiger partial charge in [-0.15, -0.1) is 0 Å². The van der Waals surface area contributed by atoms with Gasteiger partial charge in [0.2, 0.25) is 0 Å². The van der Waals surface area contributed by atoms with Crippen LogP contribution < -0.4 is 4.74 Å². The van der Waals surface area contributed by atoms with Crippen LogP contribution in [0.3, 0.4) is 0 Å². The molecule has 1 aromatic rings. The fourth-order valence-electron chi connectivity index (χ4n) is 3.41. The lowest BCUT2D eigenvalue weighted by atomic mass is 9.71. The number of hydrogen-bond acceptors (Lipinski definition) is 2. The fraction of sp³-hybridized carbons (Fsp3) is 0.600. The van der Waals surface area contributed by atoms with E-state index in [4.69, 9.17) is 4.74 Å². The average Bonchev–Trinajstić information content (AvgIpc) is 2.32. The second-order valence-electron chi connectivity index (χ2n) is 5.72. The van der Waals surface area contributed by atoms with Gasteiger partial charge in [0, 0.05) is 16.5 Å². The van der Waals surface area contributed by atoms with Crippen LogP contribution in [0.2, 0.25) is 0 Å². The third-order valence-electron chi connectivity index (χ3n) is 4.57. The van der Waals surface area contributed by atoms with Gasteiger partial charge >= 0.3 is 0 Å².